The molecule has 0 radical (unpaired) electrons. The summed E-state index contributed by atoms with van der Waals surface area (Å²) in [5.41, 5.74) is 5.91. The van der Waals surface area contributed by atoms with Crippen LogP contribution in [0.15, 0.2) is 82.6 Å². The summed E-state index contributed by atoms with van der Waals surface area (Å²) in [6.45, 7) is 6.08. The summed E-state index contributed by atoms with van der Waals surface area (Å²) in [7, 11) is 1.82. The van der Waals surface area contributed by atoms with Crippen LogP contribution in [-0.2, 0) is 13.0 Å². The Morgan fingerprint density at radius 1 is 0.980 bits per heavy atom. The van der Waals surface area contributed by atoms with Crippen molar-refractivity contribution in [3.8, 4) is 17.3 Å². The van der Waals surface area contributed by atoms with E-state index in [1.807, 2.05) is 49.5 Å². The van der Waals surface area contributed by atoms with Gasteiger partial charge in [0.15, 0.2) is 0 Å². The maximum absolute atomic E-state index is 12.7. The number of hydrogen-bond acceptors (Lipinski definition) is 9. The number of tetrazole rings is 1. The Bertz CT molecular complexity index is 1860. The van der Waals surface area contributed by atoms with Crippen LogP contribution < -0.4 is 20.5 Å². The van der Waals surface area contributed by atoms with E-state index in [9.17, 15) is 9.90 Å². The second kappa shape index (κ2) is 17.0. The van der Waals surface area contributed by atoms with Crippen LogP contribution in [0.25, 0.3) is 11.5 Å². The third-order valence-electron chi connectivity index (χ3n) is 9.43. The molecule has 0 saturated heterocycles. The summed E-state index contributed by atoms with van der Waals surface area (Å²) in [5.74, 6) is 2.71. The first-order valence-corrected chi connectivity index (χ1v) is 18.5. The lowest BCUT2D eigenvalue weighted by Gasteiger charge is -2.17. The number of aliphatic hydroxyl groups is 1. The topological polar surface area (TPSA) is 124 Å². The molecule has 11 nitrogen and oxygen atoms in total. The minimum atomic E-state index is -0.511. The van der Waals surface area contributed by atoms with Crippen molar-refractivity contribution in [3.05, 3.63) is 106 Å². The first kappa shape index (κ1) is 35.4. The molecule has 1 saturated carbocycles. The van der Waals surface area contributed by atoms with Gasteiger partial charge >= 0.3 is 5.69 Å². The zero-order chi connectivity index (χ0) is 34.9. The average molecular weight is 697 g/mol. The molecule has 5 aromatic rings. The van der Waals surface area contributed by atoms with E-state index in [-0.39, 0.29) is 5.69 Å². The fourth-order valence-corrected chi connectivity index (χ4v) is 7.37. The van der Waals surface area contributed by atoms with Crippen molar-refractivity contribution in [2.24, 2.45) is 5.92 Å². The predicted octanol–water partition coefficient (Wildman–Crippen LogP) is 6.59. The number of nitrogens with zero attached hydrogens (tertiary/aromatic N) is 6. The Morgan fingerprint density at radius 3 is 2.48 bits per heavy atom. The molecule has 1 fully saturated rings. The molecule has 0 spiro atoms. The summed E-state index contributed by atoms with van der Waals surface area (Å²) in [6.07, 6.45) is 10.9. The number of aliphatic hydroxyl groups excluding tert-OH is 1. The number of rotatable bonds is 12. The molecule has 264 valence electrons. The third-order valence-corrected chi connectivity index (χ3v) is 10.3. The minimum Gasteiger partial charge on any atom is -0.493 e. The van der Waals surface area contributed by atoms with Gasteiger partial charge in [-0.05, 0) is 141 Å². The second-order valence-corrected chi connectivity index (χ2v) is 14.0. The number of aromatic nitrogens is 6. The average Bonchev–Trinajstić information content (AvgIpc) is 3.88. The van der Waals surface area contributed by atoms with Crippen LogP contribution in [0.2, 0.25) is 0 Å². The van der Waals surface area contributed by atoms with Crippen molar-refractivity contribution in [1.82, 2.24) is 34.7 Å². The molecule has 1 aliphatic carbocycles. The van der Waals surface area contributed by atoms with Gasteiger partial charge in [-0.1, -0.05) is 31.7 Å². The van der Waals surface area contributed by atoms with E-state index in [1.165, 1.54) is 47.0 Å². The zero-order valence-electron chi connectivity index (χ0n) is 29.2. The fraction of sp³-hybridized carbons (Fsp3) is 0.421. The minimum absolute atomic E-state index is 0.178. The highest BCUT2D eigenvalue weighted by Gasteiger charge is 2.16. The van der Waals surface area contributed by atoms with Crippen molar-refractivity contribution >= 4 is 17.6 Å². The summed E-state index contributed by atoms with van der Waals surface area (Å²) in [4.78, 5) is 18.3. The van der Waals surface area contributed by atoms with Crippen molar-refractivity contribution in [3.63, 3.8) is 0 Å². The van der Waals surface area contributed by atoms with Gasteiger partial charge in [-0.2, -0.15) is 9.36 Å². The van der Waals surface area contributed by atoms with Crippen molar-refractivity contribution < 1.29 is 9.84 Å². The number of nitrogens with one attached hydrogen (secondary N) is 2. The monoisotopic (exact) mass is 696 g/mol. The molecule has 3 aromatic heterocycles. The number of aryl methyl sites for hydroxylation is 4. The summed E-state index contributed by atoms with van der Waals surface area (Å²) < 4.78 is 14.0. The lowest BCUT2D eigenvalue weighted by molar-refractivity contribution is 0.177. The van der Waals surface area contributed by atoms with Crippen molar-refractivity contribution in [2.75, 3.05) is 24.9 Å². The highest BCUT2D eigenvalue weighted by Crippen LogP contribution is 2.31. The van der Waals surface area contributed by atoms with Crippen LogP contribution in [0.1, 0.15) is 73.6 Å². The normalized spacial score (nSPS) is 14.8. The van der Waals surface area contributed by atoms with E-state index in [4.69, 9.17) is 4.74 Å². The van der Waals surface area contributed by atoms with Gasteiger partial charge in [0, 0.05) is 46.8 Å². The number of benzene rings is 2. The molecule has 1 aliphatic heterocycles. The Balaban J connectivity index is 0.000000204. The fourth-order valence-electron chi connectivity index (χ4n) is 6.66. The van der Waals surface area contributed by atoms with E-state index in [1.54, 1.807) is 18.1 Å². The van der Waals surface area contributed by atoms with E-state index in [2.05, 4.69) is 68.1 Å². The molecule has 0 amide bonds. The number of fused-ring (bicyclic) bond motifs is 1. The standard InChI is InChI=1S/C24H29N5O2S.C14H19N3O/c30-24-28(15-3-7-18-5-1-2-6-18)26-27-29(24)21-11-9-20(10-12-21)25-32-22-13-14-23-19(17-22)8-4-16-31-23;1-10-4-5-11(2)17(10)14-7-6-12(8-16-14)13(18)9-15-3/h9-14,17-18,25H,1-8,15-16H2;4-8,13,15,18H,9H2,1-3H3. The molecule has 50 heavy (non-hydrogen) atoms. The first-order chi connectivity index (χ1) is 24.4. The summed E-state index contributed by atoms with van der Waals surface area (Å²) >= 11 is 1.57. The third kappa shape index (κ3) is 8.85. The zero-order valence-corrected chi connectivity index (χ0v) is 30.0. The largest absolute Gasteiger partial charge is 0.493 e. The van der Waals surface area contributed by atoms with E-state index in [0.717, 1.165) is 76.6 Å². The lowest BCUT2D eigenvalue weighted by Crippen LogP contribution is -2.24. The van der Waals surface area contributed by atoms with Gasteiger partial charge in [0.2, 0.25) is 0 Å². The molecule has 7 rings (SSSR count). The number of pyridine rings is 1. The molecule has 3 N–H and O–H groups in total. The smallest absolute Gasteiger partial charge is 0.368 e. The molecule has 0 bridgehead atoms. The second-order valence-electron chi connectivity index (χ2n) is 13.1. The SMILES string of the molecule is CNCC(O)c1ccc(-n2c(C)ccc2C)nc1.O=c1n(CCCC2CCCC2)nnn1-c1ccc(NSc2ccc3c(c2)CCCO3)cc1. The number of ether oxygens (including phenoxy) is 1. The molecular formula is C38H48N8O3S. The Morgan fingerprint density at radius 2 is 1.76 bits per heavy atom. The van der Waals surface area contributed by atoms with Crippen LogP contribution in [0.4, 0.5) is 5.69 Å². The van der Waals surface area contributed by atoms with Gasteiger partial charge in [-0.25, -0.2) is 9.78 Å². The lowest BCUT2D eigenvalue weighted by atomic mass is 10.0. The van der Waals surface area contributed by atoms with Gasteiger partial charge in [0.25, 0.3) is 0 Å². The number of likely N-dealkylation sites (N-methyl/N-ethyl adjacent to an activating group) is 1. The summed E-state index contributed by atoms with van der Waals surface area (Å²) in [6, 6.07) is 22.0. The maximum atomic E-state index is 12.7. The van der Waals surface area contributed by atoms with Crippen LogP contribution in [-0.4, -0.2) is 54.6 Å². The summed E-state index contributed by atoms with van der Waals surface area (Å²) in [5, 5.41) is 20.9. The van der Waals surface area contributed by atoms with Crippen LogP contribution >= 0.6 is 11.9 Å². The van der Waals surface area contributed by atoms with Crippen LogP contribution in [0.3, 0.4) is 0 Å². The Labute approximate surface area is 298 Å². The highest BCUT2D eigenvalue weighted by atomic mass is 32.2. The molecular weight excluding hydrogens is 649 g/mol. The Hall–Kier alpha value is -4.39. The molecule has 4 heterocycles. The van der Waals surface area contributed by atoms with Gasteiger partial charge in [-0.3, -0.25) is 0 Å². The predicted molar refractivity (Wildman–Crippen MR) is 198 cm³/mol. The van der Waals surface area contributed by atoms with Crippen molar-refractivity contribution in [2.45, 2.75) is 82.8 Å². The molecule has 2 aliphatic rings. The molecule has 2 aromatic carbocycles. The Kier molecular flexibility index (Phi) is 12.1. The van der Waals surface area contributed by atoms with Crippen LogP contribution in [0, 0.1) is 19.8 Å². The van der Waals surface area contributed by atoms with Crippen LogP contribution in [0.5, 0.6) is 5.75 Å². The first-order valence-electron chi connectivity index (χ1n) is 17.7. The van der Waals surface area contributed by atoms with Gasteiger partial charge in [0.1, 0.15) is 11.6 Å². The number of anilines is 1. The quantitative estimate of drug-likeness (QED) is 0.124. The molecule has 1 atom stereocenters. The number of hydrogen-bond donors (Lipinski definition) is 3. The maximum Gasteiger partial charge on any atom is 0.368 e. The highest BCUT2D eigenvalue weighted by molar-refractivity contribution is 8.00. The molecule has 12 heteroatoms. The van der Waals surface area contributed by atoms with E-state index >= 15 is 0 Å². The van der Waals surface area contributed by atoms with Gasteiger partial charge in [-0.15, -0.1) is 0 Å². The van der Waals surface area contributed by atoms with Gasteiger partial charge < -0.3 is 24.4 Å². The van der Waals surface area contributed by atoms with Gasteiger partial charge in [0.05, 0.1) is 18.4 Å². The van der Waals surface area contributed by atoms with E-state index < -0.39 is 6.10 Å². The van der Waals surface area contributed by atoms with Crippen molar-refractivity contribution in [1.29, 1.82) is 0 Å². The van der Waals surface area contributed by atoms with E-state index in [0.29, 0.717) is 13.1 Å². The molecule has 1 unspecified atom stereocenters.